The number of carbonyl (C=O) groups is 1. The van der Waals surface area contributed by atoms with Crippen LogP contribution in [0.3, 0.4) is 0 Å². The third-order valence-electron chi connectivity index (χ3n) is 5.09. The van der Waals surface area contributed by atoms with Crippen LogP contribution in [0.25, 0.3) is 0 Å². The van der Waals surface area contributed by atoms with Gasteiger partial charge in [-0.1, -0.05) is 0 Å². The number of hydrogen-bond acceptors (Lipinski definition) is 5. The van der Waals surface area contributed by atoms with Gasteiger partial charge in [-0.15, -0.1) is 0 Å². The van der Waals surface area contributed by atoms with Crippen molar-refractivity contribution in [2.24, 2.45) is 0 Å². The summed E-state index contributed by atoms with van der Waals surface area (Å²) < 4.78 is 42.5. The topological polar surface area (TPSA) is 75.9 Å². The van der Waals surface area contributed by atoms with E-state index >= 15 is 0 Å². The van der Waals surface area contributed by atoms with Gasteiger partial charge in [0.05, 0.1) is 31.0 Å². The normalized spacial score (nSPS) is 16.5. The highest BCUT2D eigenvalue weighted by Crippen LogP contribution is 2.36. The number of alkyl halides is 3. The molecule has 7 nitrogen and oxygen atoms in total. The molecule has 0 spiro atoms. The lowest BCUT2D eigenvalue weighted by Gasteiger charge is -2.29. The lowest BCUT2D eigenvalue weighted by Crippen LogP contribution is -2.36. The molecule has 0 fully saturated rings. The van der Waals surface area contributed by atoms with Gasteiger partial charge in [0, 0.05) is 24.7 Å². The van der Waals surface area contributed by atoms with Crippen molar-refractivity contribution >= 4 is 11.9 Å². The Hall–Kier alpha value is -2.65. The van der Waals surface area contributed by atoms with Crippen molar-refractivity contribution in [1.82, 2.24) is 25.1 Å². The number of aryl methyl sites for hydroxylation is 1. The summed E-state index contributed by atoms with van der Waals surface area (Å²) in [5, 5.41) is 7.13. The van der Waals surface area contributed by atoms with Gasteiger partial charge in [0.2, 0.25) is 11.9 Å². The maximum Gasteiger partial charge on any atom is 0.433 e. The quantitative estimate of drug-likeness (QED) is 0.864. The van der Waals surface area contributed by atoms with Crippen molar-refractivity contribution in [2.75, 3.05) is 11.4 Å². The van der Waals surface area contributed by atoms with Crippen LogP contribution in [0.15, 0.2) is 6.07 Å². The van der Waals surface area contributed by atoms with E-state index in [-0.39, 0.29) is 17.4 Å². The predicted octanol–water partition coefficient (Wildman–Crippen LogP) is 2.23. The Kier molecular flexibility index (Phi) is 4.72. The number of hydrogen-bond donors (Lipinski definition) is 1. The summed E-state index contributed by atoms with van der Waals surface area (Å²) in [5.74, 6) is -0.0152. The van der Waals surface area contributed by atoms with E-state index in [4.69, 9.17) is 0 Å². The number of carbonyl (C=O) groups excluding carboxylic acids is 1. The zero-order chi connectivity index (χ0) is 19.9. The average molecular weight is 394 g/mol. The number of nitrogens with one attached hydrogen (secondary N) is 1. The molecule has 1 aliphatic heterocycles. The van der Waals surface area contributed by atoms with Crippen LogP contribution in [0, 0.1) is 0 Å². The molecule has 150 valence electrons. The second-order valence-corrected chi connectivity index (χ2v) is 7.18. The molecule has 4 rings (SSSR count). The smallest absolute Gasteiger partial charge is 0.351 e. The fourth-order valence-corrected chi connectivity index (χ4v) is 3.75. The Bertz CT molecular complexity index is 907. The summed E-state index contributed by atoms with van der Waals surface area (Å²) in [7, 11) is 0. The summed E-state index contributed by atoms with van der Waals surface area (Å²) in [5.41, 5.74) is 1.56. The summed E-state index contributed by atoms with van der Waals surface area (Å²) >= 11 is 0. The van der Waals surface area contributed by atoms with E-state index in [9.17, 15) is 18.0 Å². The predicted molar refractivity (Wildman–Crippen MR) is 94.5 cm³/mol. The molecule has 1 amide bonds. The Labute approximate surface area is 160 Å². The minimum Gasteiger partial charge on any atom is -0.351 e. The van der Waals surface area contributed by atoms with Gasteiger partial charge < -0.3 is 10.2 Å². The van der Waals surface area contributed by atoms with Gasteiger partial charge in [-0.05, 0) is 31.7 Å². The van der Waals surface area contributed by atoms with Gasteiger partial charge in [-0.2, -0.15) is 18.3 Å². The van der Waals surface area contributed by atoms with Crippen LogP contribution in [0.1, 0.15) is 48.1 Å². The SMILES string of the molecule is CC(=O)NCc1cc2n(n1)CCN(c1nc3c(c(C(F)(F)F)n1)CCCC3)C2. The van der Waals surface area contributed by atoms with Crippen LogP contribution in [-0.4, -0.2) is 32.2 Å². The maximum atomic E-state index is 13.6. The summed E-state index contributed by atoms with van der Waals surface area (Å²) in [4.78, 5) is 21.2. The molecule has 1 aliphatic carbocycles. The second kappa shape index (κ2) is 7.06. The zero-order valence-corrected chi connectivity index (χ0v) is 15.5. The molecule has 2 aliphatic rings. The minimum atomic E-state index is -4.48. The van der Waals surface area contributed by atoms with Crippen LogP contribution in [-0.2, 0) is 43.4 Å². The van der Waals surface area contributed by atoms with Gasteiger partial charge >= 0.3 is 6.18 Å². The van der Waals surface area contributed by atoms with E-state index in [2.05, 4.69) is 20.4 Å². The van der Waals surface area contributed by atoms with E-state index in [1.54, 1.807) is 4.90 Å². The number of fused-ring (bicyclic) bond motifs is 2. The van der Waals surface area contributed by atoms with E-state index < -0.39 is 11.9 Å². The highest BCUT2D eigenvalue weighted by molar-refractivity contribution is 5.72. The molecule has 0 atom stereocenters. The number of nitrogens with zero attached hydrogens (tertiary/aromatic N) is 5. The number of halogens is 3. The molecule has 2 aromatic heterocycles. The van der Waals surface area contributed by atoms with Crippen LogP contribution in [0.4, 0.5) is 19.1 Å². The fourth-order valence-electron chi connectivity index (χ4n) is 3.75. The van der Waals surface area contributed by atoms with Crippen LogP contribution >= 0.6 is 0 Å². The molecule has 0 aromatic carbocycles. The third-order valence-corrected chi connectivity index (χ3v) is 5.09. The molecule has 1 N–H and O–H groups in total. The molecule has 3 heterocycles. The number of rotatable bonds is 3. The number of aromatic nitrogens is 4. The minimum absolute atomic E-state index is 0.129. The van der Waals surface area contributed by atoms with Crippen molar-refractivity contribution in [1.29, 1.82) is 0 Å². The molecule has 0 saturated heterocycles. The van der Waals surface area contributed by atoms with Crippen LogP contribution in [0.2, 0.25) is 0 Å². The van der Waals surface area contributed by atoms with Crippen LogP contribution in [0.5, 0.6) is 0 Å². The summed E-state index contributed by atoms with van der Waals surface area (Å²) in [6, 6.07) is 1.85. The fraction of sp³-hybridized carbons (Fsp3) is 0.556. The largest absolute Gasteiger partial charge is 0.433 e. The third kappa shape index (κ3) is 3.67. The maximum absolute atomic E-state index is 13.6. The first kappa shape index (κ1) is 18.7. The van der Waals surface area contributed by atoms with Crippen LogP contribution < -0.4 is 10.2 Å². The monoisotopic (exact) mass is 394 g/mol. The summed E-state index contributed by atoms with van der Waals surface area (Å²) in [6.45, 7) is 3.14. The lowest BCUT2D eigenvalue weighted by atomic mass is 9.94. The molecule has 0 saturated carbocycles. The van der Waals surface area contributed by atoms with Crippen molar-refractivity contribution in [3.63, 3.8) is 0 Å². The molecule has 10 heteroatoms. The highest BCUT2D eigenvalue weighted by Gasteiger charge is 2.38. The molecular weight excluding hydrogens is 373 g/mol. The Morgan fingerprint density at radius 2 is 2.00 bits per heavy atom. The lowest BCUT2D eigenvalue weighted by molar-refractivity contribution is -0.142. The van der Waals surface area contributed by atoms with Crippen molar-refractivity contribution < 1.29 is 18.0 Å². The molecular formula is C18H21F3N6O. The molecule has 0 bridgehead atoms. The number of anilines is 1. The molecule has 28 heavy (non-hydrogen) atoms. The van der Waals surface area contributed by atoms with Crippen molar-refractivity contribution in [3.05, 3.63) is 34.4 Å². The first-order valence-electron chi connectivity index (χ1n) is 9.33. The van der Waals surface area contributed by atoms with E-state index in [0.717, 1.165) is 24.2 Å². The van der Waals surface area contributed by atoms with E-state index in [1.807, 2.05) is 10.7 Å². The van der Waals surface area contributed by atoms with Gasteiger partial charge in [-0.25, -0.2) is 9.97 Å². The standard InChI is InChI=1S/C18H21F3N6O/c1-11(28)22-9-12-8-13-10-26(6-7-27(13)25-12)17-23-15-5-3-2-4-14(15)16(24-17)18(19,20)21/h8H,2-7,9-10H2,1H3,(H,22,28). The van der Waals surface area contributed by atoms with Gasteiger partial charge in [0.15, 0.2) is 5.69 Å². The first-order valence-corrected chi connectivity index (χ1v) is 9.33. The molecule has 2 aromatic rings. The van der Waals surface area contributed by atoms with Gasteiger partial charge in [0.25, 0.3) is 0 Å². The summed E-state index contributed by atoms with van der Waals surface area (Å²) in [6.07, 6.45) is -1.97. The number of amides is 1. The Balaban J connectivity index is 1.61. The van der Waals surface area contributed by atoms with Gasteiger partial charge in [-0.3, -0.25) is 9.48 Å². The van der Waals surface area contributed by atoms with E-state index in [1.165, 1.54) is 6.92 Å². The zero-order valence-electron chi connectivity index (χ0n) is 15.5. The highest BCUT2D eigenvalue weighted by atomic mass is 19.4. The van der Waals surface area contributed by atoms with Gasteiger partial charge in [0.1, 0.15) is 0 Å². The average Bonchev–Trinajstić information content (AvgIpc) is 3.06. The Morgan fingerprint density at radius 1 is 1.21 bits per heavy atom. The molecule has 0 radical (unpaired) electrons. The van der Waals surface area contributed by atoms with E-state index in [0.29, 0.717) is 44.7 Å². The van der Waals surface area contributed by atoms with Crippen molar-refractivity contribution in [3.8, 4) is 0 Å². The molecule has 0 unspecified atom stereocenters. The Morgan fingerprint density at radius 3 is 2.75 bits per heavy atom. The first-order chi connectivity index (χ1) is 13.3. The second-order valence-electron chi connectivity index (χ2n) is 7.18. The van der Waals surface area contributed by atoms with Crippen molar-refractivity contribution in [2.45, 2.75) is 58.4 Å².